The molecule has 6 aliphatic heterocycles. The van der Waals surface area contributed by atoms with Crippen molar-refractivity contribution in [3.63, 3.8) is 0 Å². The van der Waals surface area contributed by atoms with Gasteiger partial charge in [0.05, 0.1) is 50.7 Å². The van der Waals surface area contributed by atoms with Gasteiger partial charge in [0.2, 0.25) is 6.29 Å². The van der Waals surface area contributed by atoms with Gasteiger partial charge in [0.1, 0.15) is 146 Å². The third kappa shape index (κ3) is 12.3. The first-order valence-corrected chi connectivity index (χ1v) is 30.4. The van der Waals surface area contributed by atoms with Crippen molar-refractivity contribution in [2.45, 2.75) is 261 Å². The number of ether oxygens (including phenoxy) is 12. The van der Waals surface area contributed by atoms with Crippen molar-refractivity contribution in [1.82, 2.24) is 0 Å². The van der Waals surface area contributed by atoms with Gasteiger partial charge in [0, 0.05) is 0 Å². The molecule has 33 nitrogen and oxygen atoms in total. The Morgan fingerprint density at radius 3 is 1.19 bits per heavy atom. The van der Waals surface area contributed by atoms with Gasteiger partial charge < -0.3 is 159 Å². The van der Waals surface area contributed by atoms with E-state index in [1.165, 1.54) is 0 Å². The van der Waals surface area contributed by atoms with Crippen LogP contribution in [0.5, 0.6) is 0 Å². The molecule has 0 aromatic carbocycles. The zero-order valence-electron chi connectivity index (χ0n) is 49.0. The first-order chi connectivity index (χ1) is 42.1. The third-order valence-corrected chi connectivity index (χ3v) is 21.3. The summed E-state index contributed by atoms with van der Waals surface area (Å²) in [5.74, 6) is -1.03. The highest BCUT2D eigenvalue weighted by atomic mass is 16.8. The molecule has 4 aliphatic carbocycles. The van der Waals surface area contributed by atoms with Gasteiger partial charge in [0.15, 0.2) is 31.5 Å². The van der Waals surface area contributed by atoms with Gasteiger partial charge in [-0.3, -0.25) is 4.79 Å². The maximum absolute atomic E-state index is 14.8. The number of aliphatic hydroxyl groups is 20. The van der Waals surface area contributed by atoms with Crippen molar-refractivity contribution >= 4 is 5.97 Å². The van der Waals surface area contributed by atoms with E-state index < -0.39 is 252 Å². The highest BCUT2D eigenvalue weighted by molar-refractivity contribution is 5.77. The van der Waals surface area contributed by atoms with E-state index in [0.717, 1.165) is 12.0 Å². The second-order valence-corrected chi connectivity index (χ2v) is 26.4. The van der Waals surface area contributed by atoms with Crippen LogP contribution in [0, 0.1) is 28.1 Å². The van der Waals surface area contributed by atoms with Crippen LogP contribution in [-0.2, 0) is 61.6 Å². The SMILES string of the molecule is C=C1C[C@@]23CC[C@H]4[C@@](C)(CCC[C@@]4(C)C(=O)O[C@@H]4O[C@H](CO)[C@@H](O[C@H]5O[C@H](CO)[C@@H](O[C@H]6O[C@H](CO)[C@@H](O[C@H]7O[C@H](CO)[C@@H](O)[C@H](O)[C@H]7O)[C@H](O)[C@H]6O)[C@H](O)[C@H]5O)[C@H](O)[C@H]4O)[C@@H]2CC[C@]1(O[C@@H]1O[C@H](CO)[C@@H](O[C@H]2O[C@H](CO)[C@@H](O)[C@H](O)[C@H]2O)[C@H](O)[C@H]1O)C3. The van der Waals surface area contributed by atoms with Gasteiger partial charge in [-0.15, -0.1) is 0 Å². The number of rotatable bonds is 18. The number of hydrogen-bond donors (Lipinski definition) is 20. The molecule has 36 atom stereocenters. The largest absolute Gasteiger partial charge is 0.432 e. The van der Waals surface area contributed by atoms with E-state index in [1.807, 2.05) is 0 Å². The van der Waals surface area contributed by atoms with Crippen molar-refractivity contribution < 1.29 is 164 Å². The molecule has 33 heteroatoms. The molecule has 10 rings (SSSR count). The number of carbonyl (C=O) groups excluding carboxylic acids is 1. The van der Waals surface area contributed by atoms with Crippen LogP contribution in [-0.4, -0.2) is 338 Å². The van der Waals surface area contributed by atoms with Gasteiger partial charge >= 0.3 is 5.97 Å². The summed E-state index contributed by atoms with van der Waals surface area (Å²) in [4.78, 5) is 14.8. The molecule has 1 spiro atoms. The highest BCUT2D eigenvalue weighted by Gasteiger charge is 2.70. The van der Waals surface area contributed by atoms with E-state index in [1.54, 1.807) is 6.92 Å². The maximum atomic E-state index is 14.8. The number of hydrogen-bond acceptors (Lipinski definition) is 33. The lowest BCUT2D eigenvalue weighted by Gasteiger charge is -2.64. The van der Waals surface area contributed by atoms with Gasteiger partial charge in [-0.25, -0.2) is 0 Å². The smallest absolute Gasteiger partial charge is 0.314 e. The molecule has 20 N–H and O–H groups in total. The summed E-state index contributed by atoms with van der Waals surface area (Å²) in [6.07, 6.45) is -48.8. The molecular weight excluding hydrogens is 1200 g/mol. The maximum Gasteiger partial charge on any atom is 0.314 e. The lowest BCUT2D eigenvalue weighted by atomic mass is 9.41. The molecule has 6 heterocycles. The Labute approximate surface area is 509 Å². The van der Waals surface area contributed by atoms with Crippen LogP contribution in [0.25, 0.3) is 0 Å². The average Bonchev–Trinajstić information content (AvgIpc) is 1.63. The van der Waals surface area contributed by atoms with Crippen molar-refractivity contribution in [3.8, 4) is 0 Å². The Hall–Kier alpha value is -2.03. The van der Waals surface area contributed by atoms with Crippen molar-refractivity contribution in [2.75, 3.05) is 39.6 Å². The topological polar surface area (TPSA) is 532 Å². The predicted molar refractivity (Wildman–Crippen MR) is 284 cm³/mol. The number of fused-ring (bicyclic) bond motifs is 3. The second kappa shape index (κ2) is 27.2. The van der Waals surface area contributed by atoms with E-state index in [-0.39, 0.29) is 11.8 Å². The quantitative estimate of drug-likeness (QED) is 0.0344. The molecule has 0 aromatic rings. The van der Waals surface area contributed by atoms with Crippen LogP contribution in [0.4, 0.5) is 0 Å². The van der Waals surface area contributed by atoms with Crippen LogP contribution in [0.1, 0.15) is 71.6 Å². The summed E-state index contributed by atoms with van der Waals surface area (Å²) in [6, 6.07) is 0. The number of esters is 1. The first-order valence-electron chi connectivity index (χ1n) is 30.4. The summed E-state index contributed by atoms with van der Waals surface area (Å²) in [5, 5.41) is 214. The molecule has 0 amide bonds. The summed E-state index contributed by atoms with van der Waals surface area (Å²) in [5.41, 5.74) is -2.38. The Balaban J connectivity index is 0.750. The summed E-state index contributed by atoms with van der Waals surface area (Å²) in [7, 11) is 0. The summed E-state index contributed by atoms with van der Waals surface area (Å²) >= 11 is 0. The van der Waals surface area contributed by atoms with Gasteiger partial charge in [-0.2, -0.15) is 0 Å². The molecule has 0 radical (unpaired) electrons. The number of carbonyl (C=O) groups is 1. The minimum atomic E-state index is -2.13. The van der Waals surface area contributed by atoms with Crippen LogP contribution >= 0.6 is 0 Å². The second-order valence-electron chi connectivity index (χ2n) is 26.4. The molecule has 4 saturated carbocycles. The molecule has 10 fully saturated rings. The minimum Gasteiger partial charge on any atom is -0.432 e. The lowest BCUT2D eigenvalue weighted by Crippen LogP contribution is -2.67. The lowest BCUT2D eigenvalue weighted by molar-refractivity contribution is -0.387. The van der Waals surface area contributed by atoms with Crippen LogP contribution in [0.2, 0.25) is 0 Å². The van der Waals surface area contributed by atoms with Gasteiger partial charge in [-0.1, -0.05) is 19.9 Å². The van der Waals surface area contributed by atoms with E-state index in [4.69, 9.17) is 56.8 Å². The molecule has 2 bridgehead atoms. The zero-order valence-corrected chi connectivity index (χ0v) is 49.0. The average molecular weight is 1290 g/mol. The number of aliphatic hydroxyl groups excluding tert-OH is 20. The van der Waals surface area contributed by atoms with E-state index in [9.17, 15) is 107 Å². The molecule has 89 heavy (non-hydrogen) atoms. The van der Waals surface area contributed by atoms with Crippen molar-refractivity contribution in [3.05, 3.63) is 12.2 Å². The molecule has 10 aliphatic rings. The van der Waals surface area contributed by atoms with E-state index >= 15 is 0 Å². The van der Waals surface area contributed by atoms with Gasteiger partial charge in [0.25, 0.3) is 0 Å². The van der Waals surface area contributed by atoms with Crippen molar-refractivity contribution in [1.29, 1.82) is 0 Å². The van der Waals surface area contributed by atoms with Gasteiger partial charge in [-0.05, 0) is 86.5 Å². The highest BCUT2D eigenvalue weighted by Crippen LogP contribution is 2.74. The predicted octanol–water partition coefficient (Wildman–Crippen LogP) is -9.47. The summed E-state index contributed by atoms with van der Waals surface area (Å²) in [6.45, 7) is 3.20. The zero-order chi connectivity index (χ0) is 64.7. The molecule has 512 valence electrons. The van der Waals surface area contributed by atoms with Crippen molar-refractivity contribution in [2.24, 2.45) is 28.1 Å². The molecular formula is C56H90O33. The first kappa shape index (κ1) is 69.8. The Kier molecular flexibility index (Phi) is 21.4. The third-order valence-electron chi connectivity index (χ3n) is 21.3. The molecule has 6 saturated heterocycles. The molecule has 0 aromatic heterocycles. The fourth-order valence-electron chi connectivity index (χ4n) is 16.5. The van der Waals surface area contributed by atoms with E-state index in [2.05, 4.69) is 13.5 Å². The fraction of sp³-hybridized carbons (Fsp3) is 0.946. The van der Waals surface area contributed by atoms with Crippen LogP contribution in [0.3, 0.4) is 0 Å². The van der Waals surface area contributed by atoms with Crippen LogP contribution < -0.4 is 0 Å². The minimum absolute atomic E-state index is 0.00188. The Morgan fingerprint density at radius 1 is 0.427 bits per heavy atom. The van der Waals surface area contributed by atoms with Crippen LogP contribution in [0.15, 0.2) is 12.2 Å². The van der Waals surface area contributed by atoms with E-state index in [0.29, 0.717) is 51.4 Å². The standard InChI is InChI=1S/C56H90O33/c1-19-11-55-9-5-26-53(2,27(55)6-10-56(19,18-55)89-51-41(76)35(70)45(25(17-62)83-51)85-47-37(72)31(66)29(64)21(13-58)79-47)7-4-8-54(26,3)52(77)88-50-40(75)34(69)44(24(16-61)82-50)87-49-39(74)33(68)43(23(15-60)81-49)86-48-38(73)32(67)42(22(14-59)80-48)84-46-36(71)30(65)28(63)20(12-57)78-46/h20-51,57-76H,1,4-18H2,2-3H3/t20-,21-,22-,23-,24-,25-,26+,27+,28-,29-,30+,31+,32-,33-,34-,35-,36-,37-,38-,39-,40-,41-,42-,43-,44-,45-,46-,47-,48-,49-,50+,51+,53-,54-,55-,56+/m1/s1. The fourth-order valence-corrected chi connectivity index (χ4v) is 16.5. The Morgan fingerprint density at radius 2 is 0.775 bits per heavy atom. The normalized spacial score (nSPS) is 54.5. The Bertz CT molecular complexity index is 2390. The molecule has 0 unspecified atom stereocenters. The summed E-state index contributed by atoms with van der Waals surface area (Å²) < 4.78 is 69.7. The monoisotopic (exact) mass is 1290 g/mol.